The Morgan fingerprint density at radius 3 is 1.09 bits per heavy atom. The molecule has 0 N–H and O–H groups in total. The Kier molecular flexibility index (Phi) is 8.15. The zero-order valence-corrected chi connectivity index (χ0v) is 38.6. The molecule has 0 spiro atoms. The fraction of sp³-hybridized carbons (Fsp3) is 0.231. The summed E-state index contributed by atoms with van der Waals surface area (Å²) >= 11 is -5.10. The summed E-state index contributed by atoms with van der Waals surface area (Å²) < 4.78 is 8.85. The number of hydrogen-bond donors (Lipinski definition) is 0. The van der Waals surface area contributed by atoms with E-state index in [2.05, 4.69) is 203 Å². The third-order valence-corrected chi connectivity index (χ3v) is 79.2. The van der Waals surface area contributed by atoms with E-state index in [1.807, 2.05) is 0 Å². The Balaban J connectivity index is 1.31. The van der Waals surface area contributed by atoms with Crippen LogP contribution in [0.25, 0.3) is 56.7 Å². The summed E-state index contributed by atoms with van der Waals surface area (Å²) in [6.45, 7) is 16.6. The van der Waals surface area contributed by atoms with Crippen molar-refractivity contribution >= 4 is 19.1 Å². The van der Waals surface area contributed by atoms with Crippen LogP contribution in [0.5, 0.6) is 0 Å². The van der Waals surface area contributed by atoms with Gasteiger partial charge in [-0.1, -0.05) is 0 Å². The molecule has 0 aromatic heterocycles. The summed E-state index contributed by atoms with van der Waals surface area (Å²) in [7, 11) is 0. The molecule has 6 aromatic rings. The van der Waals surface area contributed by atoms with Gasteiger partial charge in [-0.3, -0.25) is 0 Å². The standard InChI is InChI=1S/2C23H19.2C2H5.2CH3.Hf.H2Si/c2*1-16-8-5-9-17(2)23(16)22-13-4-3-12-21(22)20-15-7-11-18-10-6-14-19(18)20;2*1-2;;;;/h2*3-15H,1-2H3;2*1H2,2H3;2*1H3;;1H2. The molecule has 2 atom stereocenters. The zero-order valence-electron chi connectivity index (χ0n) is 33.6. The first kappa shape index (κ1) is 36.8. The van der Waals surface area contributed by atoms with Gasteiger partial charge in [0.1, 0.15) is 0 Å². The maximum atomic E-state index is 2.85. The van der Waals surface area contributed by atoms with Crippen molar-refractivity contribution in [2.24, 2.45) is 0 Å². The van der Waals surface area contributed by atoms with E-state index in [0.29, 0.717) is 7.35 Å². The Labute approximate surface area is 320 Å². The van der Waals surface area contributed by atoms with Gasteiger partial charge in [0, 0.05) is 0 Å². The zero-order chi connectivity index (χ0) is 38.2. The molecule has 2 aliphatic carbocycles. The number of allylic oxidation sites excluding steroid dienone is 2. The fourth-order valence-corrected chi connectivity index (χ4v) is 46.0. The van der Waals surface area contributed by atoms with Crippen molar-refractivity contribution in [3.05, 3.63) is 178 Å². The van der Waals surface area contributed by atoms with Gasteiger partial charge >= 0.3 is 322 Å². The second-order valence-electron chi connectivity index (χ2n) is 19.5. The van der Waals surface area contributed by atoms with Crippen LogP contribution < -0.4 is 0 Å². The van der Waals surface area contributed by atoms with Crippen LogP contribution in [-0.4, -0.2) is 6.94 Å². The predicted octanol–water partition coefficient (Wildman–Crippen LogP) is 14.7. The molecule has 2 aliphatic rings. The summed E-state index contributed by atoms with van der Waals surface area (Å²) in [5.74, 6) is 0. The average Bonchev–Trinajstić information content (AvgIpc) is 3.83. The maximum absolute atomic E-state index is 5.10. The van der Waals surface area contributed by atoms with Crippen molar-refractivity contribution in [2.45, 2.75) is 66.6 Å². The summed E-state index contributed by atoms with van der Waals surface area (Å²) in [5.41, 5.74) is 21.9. The van der Waals surface area contributed by atoms with Crippen LogP contribution >= 0.6 is 0 Å². The van der Waals surface area contributed by atoms with Gasteiger partial charge in [-0.05, 0) is 0 Å². The molecule has 0 radical (unpaired) electrons. The SMILES string of the molecule is C[CH2][Hf]([CH3])([CH3])(=[SiH2])([CH2]C)([CH]1C=Cc2c(-c3ccccc3-c3c(C)cccc3C)cccc21)[CH]1C=Cc2c(-c3ccccc3-c3c(C)cccc3C)cccc21. The number of benzene rings is 6. The third kappa shape index (κ3) is 5.08. The van der Waals surface area contributed by atoms with Crippen LogP contribution in [0.15, 0.2) is 133 Å². The second kappa shape index (κ2) is 11.9. The van der Waals surface area contributed by atoms with Gasteiger partial charge in [-0.15, -0.1) is 0 Å². The molecule has 0 amide bonds. The average molecular weight is 888 g/mol. The van der Waals surface area contributed by atoms with Gasteiger partial charge in [0.25, 0.3) is 0 Å². The Morgan fingerprint density at radius 1 is 0.426 bits per heavy atom. The van der Waals surface area contributed by atoms with Crippen LogP contribution in [0.2, 0.25) is 17.7 Å². The molecular weight excluding hydrogens is 831 g/mol. The Bertz CT molecular complexity index is 2500. The predicted molar refractivity (Wildman–Crippen MR) is 238 cm³/mol. The van der Waals surface area contributed by atoms with Crippen molar-refractivity contribution in [3.63, 3.8) is 0 Å². The van der Waals surface area contributed by atoms with Gasteiger partial charge in [-0.25, -0.2) is 0 Å². The molecule has 8 rings (SSSR count). The third-order valence-electron chi connectivity index (χ3n) is 15.9. The van der Waals surface area contributed by atoms with Crippen LogP contribution in [-0.2, 0) is 14.2 Å². The quantitative estimate of drug-likeness (QED) is 0.134. The normalized spacial score (nSPS) is 18.0. The van der Waals surface area contributed by atoms with Crippen molar-refractivity contribution in [1.29, 1.82) is 0 Å². The fourth-order valence-electron chi connectivity index (χ4n) is 11.2. The molecule has 0 nitrogen and oxygen atoms in total. The number of fused-ring (bicyclic) bond motifs is 2. The van der Waals surface area contributed by atoms with E-state index >= 15 is 0 Å². The van der Waals surface area contributed by atoms with E-state index in [-0.39, 0.29) is 0 Å². The van der Waals surface area contributed by atoms with Gasteiger partial charge in [0.05, 0.1) is 0 Å². The van der Waals surface area contributed by atoms with E-state index in [1.165, 1.54) is 97.4 Å². The number of aryl methyl sites for hydroxylation is 4. The van der Waals surface area contributed by atoms with Crippen molar-refractivity contribution < 1.29 is 14.2 Å². The first-order chi connectivity index (χ1) is 25.7. The second-order valence-corrected chi connectivity index (χ2v) is 98.1. The van der Waals surface area contributed by atoms with Gasteiger partial charge in [0.2, 0.25) is 0 Å². The topological polar surface area (TPSA) is 0 Å². The molecule has 0 fully saturated rings. The molecule has 2 unspecified atom stereocenters. The van der Waals surface area contributed by atoms with Crippen LogP contribution in [0, 0.1) is 27.7 Å². The van der Waals surface area contributed by atoms with Crippen LogP contribution in [0.4, 0.5) is 0 Å². The summed E-state index contributed by atoms with van der Waals surface area (Å²) in [4.78, 5) is 0. The summed E-state index contributed by atoms with van der Waals surface area (Å²) in [6.07, 6.45) is 10.3. The summed E-state index contributed by atoms with van der Waals surface area (Å²) in [5, 5.41) is 0. The van der Waals surface area contributed by atoms with E-state index in [1.54, 1.807) is 0 Å². The molecule has 0 saturated carbocycles. The van der Waals surface area contributed by atoms with E-state index in [0.717, 1.165) is 0 Å². The van der Waals surface area contributed by atoms with Gasteiger partial charge in [-0.2, -0.15) is 0 Å². The minimum absolute atomic E-state index is 0.371. The first-order valence-corrected chi connectivity index (χ1v) is 44.9. The van der Waals surface area contributed by atoms with Gasteiger partial charge in [0.15, 0.2) is 0 Å². The van der Waals surface area contributed by atoms with Crippen molar-refractivity contribution in [3.8, 4) is 44.5 Å². The molecule has 272 valence electrons. The van der Waals surface area contributed by atoms with E-state index in [4.69, 9.17) is 0 Å². The van der Waals surface area contributed by atoms with Crippen LogP contribution in [0.1, 0.15) is 65.7 Å². The molecule has 2 heteroatoms. The molecule has 0 bridgehead atoms. The van der Waals surface area contributed by atoms with Gasteiger partial charge < -0.3 is 0 Å². The summed E-state index contributed by atoms with van der Waals surface area (Å²) in [6, 6.07) is 45.9. The number of rotatable bonds is 8. The Morgan fingerprint density at radius 2 is 0.741 bits per heavy atom. The van der Waals surface area contributed by atoms with E-state index < -0.39 is 14.2 Å². The Hall–Kier alpha value is -4.11. The van der Waals surface area contributed by atoms with Crippen LogP contribution in [0.3, 0.4) is 0 Å². The molecule has 6 aromatic carbocycles. The number of hydrogen-bond acceptors (Lipinski definition) is 0. The monoisotopic (exact) mass is 888 g/mol. The van der Waals surface area contributed by atoms with Crippen molar-refractivity contribution in [2.75, 3.05) is 0 Å². The minimum atomic E-state index is -5.10. The molecule has 54 heavy (non-hydrogen) atoms. The molecule has 0 saturated heterocycles. The van der Waals surface area contributed by atoms with Crippen molar-refractivity contribution in [1.82, 2.24) is 0 Å². The molecule has 0 heterocycles. The molecular formula is C52H56HfSi. The molecule has 0 aliphatic heterocycles. The first-order valence-electron chi connectivity index (χ1n) is 20.2. The van der Waals surface area contributed by atoms with E-state index in [9.17, 15) is 0 Å².